The zero-order valence-electron chi connectivity index (χ0n) is 11.5. The Kier molecular flexibility index (Phi) is 4.62. The fraction of sp³-hybridized carbons (Fsp3) is 0.643. The van der Waals surface area contributed by atoms with Gasteiger partial charge in [0.05, 0.1) is 0 Å². The van der Waals surface area contributed by atoms with E-state index in [2.05, 4.69) is 57.7 Å². The predicted molar refractivity (Wildman–Crippen MR) is 80.2 cm³/mol. The second-order valence-electron chi connectivity index (χ2n) is 5.16. The number of aromatic nitrogens is 1. The molecule has 0 saturated carbocycles. The van der Waals surface area contributed by atoms with Gasteiger partial charge in [0.1, 0.15) is 5.82 Å². The van der Waals surface area contributed by atoms with Gasteiger partial charge < -0.3 is 9.80 Å². The minimum absolute atomic E-state index is 0.575. The van der Waals surface area contributed by atoms with Crippen LogP contribution in [0, 0.1) is 6.92 Å². The normalized spacial score (nSPS) is 22.0. The number of pyridine rings is 1. The zero-order valence-corrected chi connectivity index (χ0v) is 13.1. The summed E-state index contributed by atoms with van der Waals surface area (Å²) in [6.45, 7) is 7.81. The van der Waals surface area contributed by atoms with Crippen LogP contribution in [0.1, 0.15) is 25.3 Å². The summed E-state index contributed by atoms with van der Waals surface area (Å²) < 4.78 is 1.09. The number of likely N-dealkylation sites (N-methyl/N-ethyl adjacent to an activating group) is 1. The van der Waals surface area contributed by atoms with Crippen LogP contribution >= 0.6 is 15.9 Å². The van der Waals surface area contributed by atoms with Crippen LogP contribution in [0.4, 0.5) is 5.82 Å². The van der Waals surface area contributed by atoms with E-state index in [1.165, 1.54) is 24.9 Å². The van der Waals surface area contributed by atoms with Crippen LogP contribution in [0.2, 0.25) is 0 Å². The highest BCUT2D eigenvalue weighted by atomic mass is 79.9. The highest BCUT2D eigenvalue weighted by Gasteiger charge is 2.23. The second kappa shape index (κ2) is 6.02. The monoisotopic (exact) mass is 311 g/mol. The Hall–Kier alpha value is -0.610. The lowest BCUT2D eigenvalue weighted by Crippen LogP contribution is -2.40. The molecular formula is C14H22BrN3. The van der Waals surface area contributed by atoms with Gasteiger partial charge in [0.2, 0.25) is 0 Å². The van der Waals surface area contributed by atoms with Crippen molar-refractivity contribution >= 4 is 21.7 Å². The van der Waals surface area contributed by atoms with Gasteiger partial charge in [-0.2, -0.15) is 0 Å². The highest BCUT2D eigenvalue weighted by Crippen LogP contribution is 2.24. The summed E-state index contributed by atoms with van der Waals surface area (Å²) in [6, 6.07) is 2.77. The molecule has 1 unspecified atom stereocenters. The van der Waals surface area contributed by atoms with E-state index in [1.54, 1.807) is 0 Å². The first kappa shape index (κ1) is 13.8. The molecule has 0 amide bonds. The molecule has 1 saturated heterocycles. The molecule has 2 heterocycles. The molecule has 0 spiro atoms. The predicted octanol–water partition coefficient (Wildman–Crippen LogP) is 3.07. The summed E-state index contributed by atoms with van der Waals surface area (Å²) in [6.07, 6.45) is 4.30. The Morgan fingerprint density at radius 3 is 2.89 bits per heavy atom. The quantitative estimate of drug-likeness (QED) is 0.836. The van der Waals surface area contributed by atoms with Gasteiger partial charge in [-0.25, -0.2) is 4.98 Å². The third kappa shape index (κ3) is 3.04. The lowest BCUT2D eigenvalue weighted by Gasteiger charge is -2.31. The zero-order chi connectivity index (χ0) is 13.1. The standard InChI is InChI=1S/C14H22BrN3/c1-4-12-10-17(3)6-5-7-18(12)14-8-11(2)13(15)9-16-14/h8-9,12H,4-7,10H2,1-3H3. The number of aryl methyl sites for hydroxylation is 1. The van der Waals surface area contributed by atoms with Crippen molar-refractivity contribution in [3.63, 3.8) is 0 Å². The smallest absolute Gasteiger partial charge is 0.129 e. The molecule has 1 fully saturated rings. The number of halogens is 1. The van der Waals surface area contributed by atoms with Gasteiger partial charge in [0.25, 0.3) is 0 Å². The van der Waals surface area contributed by atoms with Crippen molar-refractivity contribution in [3.05, 3.63) is 22.3 Å². The Balaban J connectivity index is 2.25. The SMILES string of the molecule is CCC1CN(C)CCCN1c1cc(C)c(Br)cn1. The molecule has 0 aliphatic carbocycles. The Morgan fingerprint density at radius 2 is 2.22 bits per heavy atom. The minimum atomic E-state index is 0.575. The van der Waals surface area contributed by atoms with Crippen LogP contribution in [0.25, 0.3) is 0 Å². The highest BCUT2D eigenvalue weighted by molar-refractivity contribution is 9.10. The van der Waals surface area contributed by atoms with Crippen LogP contribution in [0.3, 0.4) is 0 Å². The molecule has 18 heavy (non-hydrogen) atoms. The van der Waals surface area contributed by atoms with Gasteiger partial charge in [-0.15, -0.1) is 0 Å². The van der Waals surface area contributed by atoms with Gasteiger partial charge >= 0.3 is 0 Å². The average Bonchev–Trinajstić information content (AvgIpc) is 2.54. The van der Waals surface area contributed by atoms with Gasteiger partial charge in [-0.3, -0.25) is 0 Å². The van der Waals surface area contributed by atoms with E-state index in [9.17, 15) is 0 Å². The summed E-state index contributed by atoms with van der Waals surface area (Å²) >= 11 is 3.52. The van der Waals surface area contributed by atoms with E-state index in [1.807, 2.05) is 6.20 Å². The summed E-state index contributed by atoms with van der Waals surface area (Å²) in [5.41, 5.74) is 1.26. The molecule has 0 radical (unpaired) electrons. The number of hydrogen-bond acceptors (Lipinski definition) is 3. The molecule has 4 heteroatoms. The number of hydrogen-bond donors (Lipinski definition) is 0. The number of rotatable bonds is 2. The van der Waals surface area contributed by atoms with Crippen LogP contribution in [0.15, 0.2) is 16.7 Å². The number of anilines is 1. The maximum atomic E-state index is 4.59. The summed E-state index contributed by atoms with van der Waals surface area (Å²) in [5, 5.41) is 0. The first-order valence-corrected chi connectivity index (χ1v) is 7.48. The fourth-order valence-electron chi connectivity index (χ4n) is 2.58. The van der Waals surface area contributed by atoms with E-state index in [0.717, 1.165) is 23.4 Å². The summed E-state index contributed by atoms with van der Waals surface area (Å²) in [7, 11) is 2.21. The van der Waals surface area contributed by atoms with Crippen LogP contribution < -0.4 is 4.90 Å². The maximum Gasteiger partial charge on any atom is 0.129 e. The van der Waals surface area contributed by atoms with Crippen LogP contribution in [-0.2, 0) is 0 Å². The lowest BCUT2D eigenvalue weighted by atomic mass is 10.1. The lowest BCUT2D eigenvalue weighted by molar-refractivity contribution is 0.327. The molecule has 0 N–H and O–H groups in total. The molecule has 0 aromatic carbocycles. The average molecular weight is 312 g/mol. The largest absolute Gasteiger partial charge is 0.352 e. The molecule has 1 aliphatic heterocycles. The molecule has 0 bridgehead atoms. The number of nitrogens with zero attached hydrogens (tertiary/aromatic N) is 3. The molecule has 1 aromatic heterocycles. The second-order valence-corrected chi connectivity index (χ2v) is 6.02. The maximum absolute atomic E-state index is 4.59. The van der Waals surface area contributed by atoms with E-state index >= 15 is 0 Å². The van der Waals surface area contributed by atoms with E-state index in [4.69, 9.17) is 0 Å². The van der Waals surface area contributed by atoms with Crippen molar-refractivity contribution in [1.82, 2.24) is 9.88 Å². The molecule has 1 aromatic rings. The third-order valence-electron chi connectivity index (χ3n) is 3.70. The van der Waals surface area contributed by atoms with Crippen molar-refractivity contribution in [2.45, 2.75) is 32.7 Å². The molecule has 1 atom stereocenters. The Labute approximate surface area is 118 Å². The minimum Gasteiger partial charge on any atom is -0.352 e. The van der Waals surface area contributed by atoms with Gasteiger partial charge in [0.15, 0.2) is 0 Å². The molecule has 100 valence electrons. The molecule has 3 nitrogen and oxygen atoms in total. The Morgan fingerprint density at radius 1 is 1.44 bits per heavy atom. The van der Waals surface area contributed by atoms with E-state index in [0.29, 0.717) is 6.04 Å². The van der Waals surface area contributed by atoms with Crippen molar-refractivity contribution in [3.8, 4) is 0 Å². The van der Waals surface area contributed by atoms with Gasteiger partial charge in [0, 0.05) is 29.8 Å². The van der Waals surface area contributed by atoms with Crippen LogP contribution in [0.5, 0.6) is 0 Å². The first-order chi connectivity index (χ1) is 8.61. The van der Waals surface area contributed by atoms with Crippen molar-refractivity contribution in [1.29, 1.82) is 0 Å². The first-order valence-electron chi connectivity index (χ1n) is 6.69. The Bertz CT molecular complexity index is 408. The van der Waals surface area contributed by atoms with Crippen LogP contribution in [-0.4, -0.2) is 42.6 Å². The molecule has 1 aliphatic rings. The van der Waals surface area contributed by atoms with Crippen molar-refractivity contribution in [2.75, 3.05) is 31.6 Å². The van der Waals surface area contributed by atoms with Crippen molar-refractivity contribution in [2.24, 2.45) is 0 Å². The summed E-state index contributed by atoms with van der Waals surface area (Å²) in [5.74, 6) is 1.12. The van der Waals surface area contributed by atoms with Gasteiger partial charge in [-0.1, -0.05) is 6.92 Å². The summed E-state index contributed by atoms with van der Waals surface area (Å²) in [4.78, 5) is 9.49. The molecular weight excluding hydrogens is 290 g/mol. The topological polar surface area (TPSA) is 19.4 Å². The van der Waals surface area contributed by atoms with E-state index < -0.39 is 0 Å². The fourth-order valence-corrected chi connectivity index (χ4v) is 2.79. The third-order valence-corrected chi connectivity index (χ3v) is 4.53. The van der Waals surface area contributed by atoms with Gasteiger partial charge in [-0.05, 0) is 60.9 Å². The molecule has 2 rings (SSSR count). The van der Waals surface area contributed by atoms with Crippen molar-refractivity contribution < 1.29 is 0 Å². The van der Waals surface area contributed by atoms with E-state index in [-0.39, 0.29) is 0 Å².